The van der Waals surface area contributed by atoms with Crippen molar-refractivity contribution in [1.29, 1.82) is 0 Å². The molecule has 0 bridgehead atoms. The van der Waals surface area contributed by atoms with Gasteiger partial charge in [0, 0.05) is 6.42 Å². The Bertz CT molecular complexity index is 649. The number of rotatable bonds is 10. The fourth-order valence-electron chi connectivity index (χ4n) is 2.76. The van der Waals surface area contributed by atoms with Crippen LogP contribution in [0.1, 0.15) is 51.0 Å². The molecule has 0 saturated heterocycles. The molecule has 0 fully saturated rings. The van der Waals surface area contributed by atoms with Gasteiger partial charge in [-0.2, -0.15) is 0 Å². The number of methoxy groups -OCH3 is 1. The summed E-state index contributed by atoms with van der Waals surface area (Å²) in [5, 5.41) is 2.34. The molecule has 24 heavy (non-hydrogen) atoms. The molecule has 0 aliphatic rings. The first-order valence-electron chi connectivity index (χ1n) is 8.95. The van der Waals surface area contributed by atoms with Crippen LogP contribution in [0.3, 0.4) is 0 Å². The molecule has 0 aromatic heterocycles. The van der Waals surface area contributed by atoms with Gasteiger partial charge in [-0.1, -0.05) is 56.9 Å². The normalized spacial score (nSPS) is 10.8. The number of aryl methyl sites for hydroxylation is 1. The Morgan fingerprint density at radius 1 is 0.958 bits per heavy atom. The van der Waals surface area contributed by atoms with Crippen molar-refractivity contribution < 1.29 is 14.3 Å². The summed E-state index contributed by atoms with van der Waals surface area (Å²) in [4.78, 5) is 11.2. The van der Waals surface area contributed by atoms with Crippen molar-refractivity contribution in [3.63, 3.8) is 0 Å². The van der Waals surface area contributed by atoms with Gasteiger partial charge in [0.2, 0.25) is 0 Å². The van der Waals surface area contributed by atoms with Crippen LogP contribution >= 0.6 is 0 Å². The van der Waals surface area contributed by atoms with E-state index in [1.165, 1.54) is 43.6 Å². The molecule has 0 N–H and O–H groups in total. The number of carbonyl (C=O) groups excluding carboxylic acids is 1. The number of fused-ring (bicyclic) bond motifs is 1. The lowest BCUT2D eigenvalue weighted by atomic mass is 10.0. The van der Waals surface area contributed by atoms with E-state index in [-0.39, 0.29) is 5.97 Å². The summed E-state index contributed by atoms with van der Waals surface area (Å²) in [6, 6.07) is 12.5. The Morgan fingerprint density at radius 3 is 2.50 bits per heavy atom. The zero-order chi connectivity index (χ0) is 17.2. The monoisotopic (exact) mass is 328 g/mol. The van der Waals surface area contributed by atoms with E-state index < -0.39 is 0 Å². The van der Waals surface area contributed by atoms with Crippen molar-refractivity contribution in [3.8, 4) is 5.75 Å². The number of benzene rings is 2. The quantitative estimate of drug-likeness (QED) is 0.439. The van der Waals surface area contributed by atoms with Crippen LogP contribution in [0.15, 0.2) is 36.4 Å². The molecule has 0 heterocycles. The Labute approximate surface area is 145 Å². The molecule has 2 aromatic rings. The van der Waals surface area contributed by atoms with E-state index in [4.69, 9.17) is 4.74 Å². The highest BCUT2D eigenvalue weighted by Crippen LogP contribution is 2.23. The van der Waals surface area contributed by atoms with Crippen molar-refractivity contribution in [3.05, 3.63) is 42.0 Å². The summed E-state index contributed by atoms with van der Waals surface area (Å²) in [5.74, 6) is 0.762. The average Bonchev–Trinajstić information content (AvgIpc) is 2.62. The highest BCUT2D eigenvalue weighted by Gasteiger charge is 2.03. The van der Waals surface area contributed by atoms with Crippen molar-refractivity contribution >= 4 is 16.7 Å². The fraction of sp³-hybridized carbons (Fsp3) is 0.476. The topological polar surface area (TPSA) is 35.5 Å². The number of ether oxygens (including phenoxy) is 2. The lowest BCUT2D eigenvalue weighted by Crippen LogP contribution is -2.01. The summed E-state index contributed by atoms with van der Waals surface area (Å²) < 4.78 is 10.5. The second-order valence-electron chi connectivity index (χ2n) is 6.18. The number of unbranched alkanes of at least 4 members (excludes halogenated alkanes) is 4. The van der Waals surface area contributed by atoms with Gasteiger partial charge in [-0.25, -0.2) is 0 Å². The zero-order valence-electron chi connectivity index (χ0n) is 14.8. The Morgan fingerprint density at radius 2 is 1.71 bits per heavy atom. The van der Waals surface area contributed by atoms with Crippen LogP contribution in [0.4, 0.5) is 0 Å². The van der Waals surface area contributed by atoms with E-state index >= 15 is 0 Å². The predicted octanol–water partition coefficient (Wildman–Crippen LogP) is 5.29. The second kappa shape index (κ2) is 9.96. The van der Waals surface area contributed by atoms with Crippen molar-refractivity contribution in [2.24, 2.45) is 0 Å². The van der Waals surface area contributed by atoms with Gasteiger partial charge in [0.15, 0.2) is 0 Å². The largest absolute Gasteiger partial charge is 0.494 e. The van der Waals surface area contributed by atoms with E-state index in [0.29, 0.717) is 12.8 Å². The van der Waals surface area contributed by atoms with Crippen molar-refractivity contribution in [2.45, 2.75) is 51.9 Å². The molecule has 130 valence electrons. The molecule has 0 unspecified atom stereocenters. The van der Waals surface area contributed by atoms with Crippen LogP contribution < -0.4 is 4.74 Å². The minimum absolute atomic E-state index is 0.169. The summed E-state index contributed by atoms with van der Waals surface area (Å²) in [7, 11) is 1.42. The standard InChI is InChI=1S/C21H28O3/c1-3-4-5-6-7-14-24-20-12-11-18-15-17(8-10-19(18)16-20)9-13-21(22)23-2/h8,10-12,15-16H,3-7,9,13-14H2,1-2H3. The van der Waals surface area contributed by atoms with E-state index in [9.17, 15) is 4.79 Å². The first-order valence-corrected chi connectivity index (χ1v) is 8.95. The van der Waals surface area contributed by atoms with Crippen LogP contribution in [0, 0.1) is 0 Å². The number of hydrogen-bond acceptors (Lipinski definition) is 3. The SMILES string of the molecule is CCCCCCCOc1ccc2cc(CCC(=O)OC)ccc2c1. The van der Waals surface area contributed by atoms with Crippen LogP contribution in [-0.2, 0) is 16.0 Å². The lowest BCUT2D eigenvalue weighted by molar-refractivity contribution is -0.140. The van der Waals surface area contributed by atoms with Crippen LogP contribution in [0.25, 0.3) is 10.8 Å². The first-order chi connectivity index (χ1) is 11.7. The van der Waals surface area contributed by atoms with Crippen LogP contribution in [-0.4, -0.2) is 19.7 Å². The van der Waals surface area contributed by atoms with Gasteiger partial charge in [0.05, 0.1) is 13.7 Å². The highest BCUT2D eigenvalue weighted by molar-refractivity contribution is 5.84. The van der Waals surface area contributed by atoms with Crippen molar-refractivity contribution in [1.82, 2.24) is 0 Å². The Kier molecular flexibility index (Phi) is 7.60. The van der Waals surface area contributed by atoms with Gasteiger partial charge in [-0.3, -0.25) is 4.79 Å². The van der Waals surface area contributed by atoms with E-state index in [2.05, 4.69) is 42.0 Å². The minimum atomic E-state index is -0.169. The van der Waals surface area contributed by atoms with Gasteiger partial charge in [-0.15, -0.1) is 0 Å². The molecule has 0 atom stereocenters. The third-order valence-electron chi connectivity index (χ3n) is 4.24. The number of esters is 1. The van der Waals surface area contributed by atoms with Gasteiger partial charge >= 0.3 is 5.97 Å². The highest BCUT2D eigenvalue weighted by atomic mass is 16.5. The van der Waals surface area contributed by atoms with Gasteiger partial charge in [0.25, 0.3) is 0 Å². The van der Waals surface area contributed by atoms with E-state index in [1.807, 2.05) is 6.07 Å². The molecule has 2 aromatic carbocycles. The Balaban J connectivity index is 1.88. The summed E-state index contributed by atoms with van der Waals surface area (Å²) in [6.07, 6.45) is 7.36. The van der Waals surface area contributed by atoms with Gasteiger partial charge in [0.1, 0.15) is 5.75 Å². The number of hydrogen-bond donors (Lipinski definition) is 0. The molecule has 3 nitrogen and oxygen atoms in total. The van der Waals surface area contributed by atoms with E-state index in [1.54, 1.807) is 0 Å². The summed E-state index contributed by atoms with van der Waals surface area (Å²) in [6.45, 7) is 3.01. The maximum Gasteiger partial charge on any atom is 0.305 e. The minimum Gasteiger partial charge on any atom is -0.494 e. The summed E-state index contributed by atoms with van der Waals surface area (Å²) >= 11 is 0. The molecule has 2 rings (SSSR count). The second-order valence-corrected chi connectivity index (χ2v) is 6.18. The maximum atomic E-state index is 11.2. The maximum absolute atomic E-state index is 11.2. The first kappa shape index (κ1) is 18.3. The smallest absolute Gasteiger partial charge is 0.305 e. The van der Waals surface area contributed by atoms with Gasteiger partial charge in [-0.05, 0) is 41.3 Å². The van der Waals surface area contributed by atoms with Gasteiger partial charge < -0.3 is 9.47 Å². The molecule has 0 aliphatic heterocycles. The molecular formula is C21H28O3. The molecule has 0 aliphatic carbocycles. The van der Waals surface area contributed by atoms with Crippen LogP contribution in [0.5, 0.6) is 5.75 Å². The Hall–Kier alpha value is -2.03. The third kappa shape index (κ3) is 5.88. The van der Waals surface area contributed by atoms with Crippen LogP contribution in [0.2, 0.25) is 0 Å². The molecule has 0 saturated carbocycles. The molecule has 0 radical (unpaired) electrons. The number of carbonyl (C=O) groups is 1. The molecule has 3 heteroatoms. The zero-order valence-corrected chi connectivity index (χ0v) is 14.8. The van der Waals surface area contributed by atoms with E-state index in [0.717, 1.165) is 24.3 Å². The fourth-order valence-corrected chi connectivity index (χ4v) is 2.76. The molecule has 0 amide bonds. The molecular weight excluding hydrogens is 300 g/mol. The average molecular weight is 328 g/mol. The molecule has 0 spiro atoms. The lowest BCUT2D eigenvalue weighted by Gasteiger charge is -2.08. The summed E-state index contributed by atoms with van der Waals surface area (Å²) in [5.41, 5.74) is 1.15. The predicted molar refractivity (Wildman–Crippen MR) is 98.5 cm³/mol. The third-order valence-corrected chi connectivity index (χ3v) is 4.24. The van der Waals surface area contributed by atoms with Crippen molar-refractivity contribution in [2.75, 3.05) is 13.7 Å².